The summed E-state index contributed by atoms with van der Waals surface area (Å²) < 4.78 is 12.1. The van der Waals surface area contributed by atoms with E-state index in [-0.39, 0.29) is 6.04 Å². The van der Waals surface area contributed by atoms with Crippen molar-refractivity contribution < 1.29 is 9.47 Å². The van der Waals surface area contributed by atoms with Gasteiger partial charge in [0.05, 0.1) is 14.2 Å². The van der Waals surface area contributed by atoms with Crippen LogP contribution in [0.3, 0.4) is 0 Å². The van der Waals surface area contributed by atoms with E-state index in [2.05, 4.69) is 152 Å². The second-order valence-corrected chi connectivity index (χ2v) is 13.2. The number of ether oxygens (including phenoxy) is 2. The van der Waals surface area contributed by atoms with Gasteiger partial charge in [0.25, 0.3) is 0 Å². The molecule has 0 radical (unpaired) electrons. The number of fused-ring (bicyclic) bond motifs is 1. The van der Waals surface area contributed by atoms with Crippen LogP contribution in [0.1, 0.15) is 24.1 Å². The second-order valence-electron chi connectivity index (χ2n) is 11.1. The molecule has 6 rings (SSSR count). The fourth-order valence-electron chi connectivity index (χ4n) is 6.00. The minimum Gasteiger partial charge on any atom is -0.497 e. The van der Waals surface area contributed by atoms with Crippen molar-refractivity contribution >= 4 is 34.6 Å². The van der Waals surface area contributed by atoms with Crippen LogP contribution >= 0.6 is 7.92 Å². The van der Waals surface area contributed by atoms with Crippen LogP contribution in [-0.4, -0.2) is 26.2 Å². The van der Waals surface area contributed by atoms with E-state index < -0.39 is 7.92 Å². The lowest BCUT2D eigenvalue weighted by molar-refractivity contribution is 0.253. The van der Waals surface area contributed by atoms with Gasteiger partial charge in [0.2, 0.25) is 0 Å². The third-order valence-electron chi connectivity index (χ3n) is 8.41. The second kappa shape index (κ2) is 13.5. The fraction of sp³-hybridized carbons (Fsp3) is 0.150. The van der Waals surface area contributed by atoms with Gasteiger partial charge in [0.1, 0.15) is 11.5 Å². The van der Waals surface area contributed by atoms with Gasteiger partial charge in [-0.2, -0.15) is 0 Å². The summed E-state index contributed by atoms with van der Waals surface area (Å²) in [5.41, 5.74) is 4.90. The molecule has 0 aliphatic heterocycles. The van der Waals surface area contributed by atoms with Crippen LogP contribution in [0.4, 0.5) is 0 Å². The molecule has 3 nitrogen and oxygen atoms in total. The van der Waals surface area contributed by atoms with Crippen LogP contribution in [0.25, 0.3) is 21.9 Å². The first-order chi connectivity index (χ1) is 21.6. The SMILES string of the molecule is COc1cc(OC)c(-c2c(CN(C)[C@@H](C)c3ccccc3)ccc3ccccc23)c(P(c2ccccc2)c2ccccc2)c1. The molecule has 0 saturated heterocycles. The highest BCUT2D eigenvalue weighted by atomic mass is 31.1. The maximum Gasteiger partial charge on any atom is 0.131 e. The van der Waals surface area contributed by atoms with Crippen molar-refractivity contribution in [1.82, 2.24) is 4.90 Å². The summed E-state index contributed by atoms with van der Waals surface area (Å²) in [7, 11) is 4.77. The Bertz CT molecular complexity index is 1800. The van der Waals surface area contributed by atoms with Crippen LogP contribution in [0.5, 0.6) is 11.5 Å². The molecule has 220 valence electrons. The highest BCUT2D eigenvalue weighted by molar-refractivity contribution is 7.80. The first-order valence-corrected chi connectivity index (χ1v) is 16.4. The predicted molar refractivity (Wildman–Crippen MR) is 188 cm³/mol. The van der Waals surface area contributed by atoms with E-state index in [0.29, 0.717) is 0 Å². The van der Waals surface area contributed by atoms with Gasteiger partial charge in [0, 0.05) is 29.5 Å². The molecule has 0 fully saturated rings. The average Bonchev–Trinajstić information content (AvgIpc) is 3.09. The highest BCUT2D eigenvalue weighted by Crippen LogP contribution is 2.46. The van der Waals surface area contributed by atoms with E-state index in [0.717, 1.165) is 23.6 Å². The van der Waals surface area contributed by atoms with E-state index >= 15 is 0 Å². The van der Waals surface area contributed by atoms with Crippen LogP contribution in [0, 0.1) is 0 Å². The molecule has 0 aliphatic rings. The van der Waals surface area contributed by atoms with E-state index in [1.165, 1.54) is 43.4 Å². The average molecular weight is 596 g/mol. The normalized spacial score (nSPS) is 12.0. The Morgan fingerprint density at radius 2 is 1.23 bits per heavy atom. The first-order valence-electron chi connectivity index (χ1n) is 15.0. The van der Waals surface area contributed by atoms with Crippen molar-refractivity contribution in [2.45, 2.75) is 19.5 Å². The number of rotatable bonds is 10. The molecule has 0 aliphatic carbocycles. The minimum absolute atomic E-state index is 0.249. The molecule has 0 heterocycles. The van der Waals surface area contributed by atoms with E-state index in [9.17, 15) is 0 Å². The standard InChI is InChI=1S/C40H38NO2P/c1-29(30-16-8-5-9-17-30)41(2)28-32-25-24-31-18-14-15-23-36(31)39(32)40-37(43-4)26-33(42-3)27-38(40)44(34-19-10-6-11-20-34)35-21-12-7-13-22-35/h5-27,29H,28H2,1-4H3/t29-/m0/s1. The number of methoxy groups -OCH3 is 2. The largest absolute Gasteiger partial charge is 0.497 e. The highest BCUT2D eigenvalue weighted by Gasteiger charge is 2.27. The molecular formula is C40H38NO2P. The summed E-state index contributed by atoms with van der Waals surface area (Å²) in [6, 6.07) is 50.2. The quantitative estimate of drug-likeness (QED) is 0.148. The summed E-state index contributed by atoms with van der Waals surface area (Å²) in [4.78, 5) is 2.43. The van der Waals surface area contributed by atoms with Crippen LogP contribution < -0.4 is 25.4 Å². The Morgan fingerprint density at radius 3 is 1.84 bits per heavy atom. The van der Waals surface area contributed by atoms with E-state index in [1.807, 2.05) is 6.07 Å². The molecular weight excluding hydrogens is 557 g/mol. The van der Waals surface area contributed by atoms with E-state index in [4.69, 9.17) is 9.47 Å². The molecule has 0 amide bonds. The maximum absolute atomic E-state index is 6.25. The van der Waals surface area contributed by atoms with Crippen molar-refractivity contribution in [3.05, 3.63) is 151 Å². The Balaban J connectivity index is 1.63. The molecule has 0 bridgehead atoms. The molecule has 44 heavy (non-hydrogen) atoms. The molecule has 4 heteroatoms. The monoisotopic (exact) mass is 595 g/mol. The van der Waals surface area contributed by atoms with Crippen LogP contribution in [0.15, 0.2) is 140 Å². The van der Waals surface area contributed by atoms with Gasteiger partial charge in [-0.15, -0.1) is 0 Å². The minimum atomic E-state index is -0.945. The van der Waals surface area contributed by atoms with Gasteiger partial charge in [-0.05, 0) is 66.0 Å². The molecule has 0 spiro atoms. The van der Waals surface area contributed by atoms with Gasteiger partial charge in [-0.3, -0.25) is 4.90 Å². The summed E-state index contributed by atoms with van der Waals surface area (Å²) >= 11 is 0. The Morgan fingerprint density at radius 1 is 0.636 bits per heavy atom. The lowest BCUT2D eigenvalue weighted by Crippen LogP contribution is -2.24. The van der Waals surface area contributed by atoms with Crippen molar-refractivity contribution in [2.75, 3.05) is 21.3 Å². The lowest BCUT2D eigenvalue weighted by Gasteiger charge is -2.29. The number of hydrogen-bond donors (Lipinski definition) is 0. The number of benzene rings is 6. The summed E-state index contributed by atoms with van der Waals surface area (Å²) in [6.45, 7) is 3.05. The molecule has 0 saturated carbocycles. The predicted octanol–water partition coefficient (Wildman–Crippen LogP) is 8.48. The third-order valence-corrected chi connectivity index (χ3v) is 10.9. The molecule has 0 N–H and O–H groups in total. The van der Waals surface area contributed by atoms with Gasteiger partial charge in [0.15, 0.2) is 0 Å². The first kappa shape index (κ1) is 29.6. The lowest BCUT2D eigenvalue weighted by atomic mass is 9.91. The van der Waals surface area contributed by atoms with Gasteiger partial charge in [-0.1, -0.05) is 127 Å². The molecule has 6 aromatic rings. The molecule has 6 aromatic carbocycles. The fourth-order valence-corrected chi connectivity index (χ4v) is 8.50. The van der Waals surface area contributed by atoms with Gasteiger partial charge >= 0.3 is 0 Å². The van der Waals surface area contributed by atoms with Gasteiger partial charge < -0.3 is 9.47 Å². The van der Waals surface area contributed by atoms with Crippen molar-refractivity contribution in [2.24, 2.45) is 0 Å². The van der Waals surface area contributed by atoms with Crippen LogP contribution in [0.2, 0.25) is 0 Å². The van der Waals surface area contributed by atoms with Crippen molar-refractivity contribution in [1.29, 1.82) is 0 Å². The number of nitrogens with zero attached hydrogens (tertiary/aromatic N) is 1. The molecule has 0 unspecified atom stereocenters. The smallest absolute Gasteiger partial charge is 0.131 e. The zero-order valence-corrected chi connectivity index (χ0v) is 26.7. The third kappa shape index (κ3) is 5.99. The summed E-state index contributed by atoms with van der Waals surface area (Å²) in [5, 5.41) is 6.19. The Kier molecular flexibility index (Phi) is 9.07. The van der Waals surface area contributed by atoms with E-state index in [1.54, 1.807) is 14.2 Å². The zero-order valence-electron chi connectivity index (χ0n) is 25.8. The van der Waals surface area contributed by atoms with Crippen molar-refractivity contribution in [3.8, 4) is 22.6 Å². The van der Waals surface area contributed by atoms with Crippen molar-refractivity contribution in [3.63, 3.8) is 0 Å². The Hall–Kier alpha value is -4.43. The summed E-state index contributed by atoms with van der Waals surface area (Å²) in [6.07, 6.45) is 0. The topological polar surface area (TPSA) is 21.7 Å². The maximum atomic E-state index is 6.25. The molecule has 0 aromatic heterocycles. The number of hydrogen-bond acceptors (Lipinski definition) is 3. The Labute approximate surface area is 262 Å². The van der Waals surface area contributed by atoms with Crippen LogP contribution in [-0.2, 0) is 6.54 Å². The zero-order chi connectivity index (χ0) is 30.5. The summed E-state index contributed by atoms with van der Waals surface area (Å²) in [5.74, 6) is 1.60. The van der Waals surface area contributed by atoms with Gasteiger partial charge in [-0.25, -0.2) is 0 Å². The molecule has 1 atom stereocenters.